The van der Waals surface area contributed by atoms with E-state index in [9.17, 15) is 9.59 Å². The summed E-state index contributed by atoms with van der Waals surface area (Å²) in [7, 11) is 0. The summed E-state index contributed by atoms with van der Waals surface area (Å²) in [5, 5.41) is 1.91. The van der Waals surface area contributed by atoms with Gasteiger partial charge in [0.25, 0.3) is 11.1 Å². The molecule has 1 aliphatic heterocycles. The fraction of sp³-hybridized carbons (Fsp3) is 0.200. The Morgan fingerprint density at radius 2 is 1.73 bits per heavy atom. The van der Waals surface area contributed by atoms with Crippen molar-refractivity contribution in [2.24, 2.45) is 0 Å². The second-order valence-corrected chi connectivity index (χ2v) is 8.31. The van der Waals surface area contributed by atoms with E-state index < -0.39 is 0 Å². The summed E-state index contributed by atoms with van der Waals surface area (Å²) in [6, 6.07) is 21.5. The predicted octanol–water partition coefficient (Wildman–Crippen LogP) is 6.25. The number of benzene rings is 3. The van der Waals surface area contributed by atoms with Gasteiger partial charge in [0.05, 0.1) is 17.6 Å². The van der Waals surface area contributed by atoms with Gasteiger partial charge in [-0.3, -0.25) is 14.5 Å². The number of ether oxygens (including phenoxy) is 1. The summed E-state index contributed by atoms with van der Waals surface area (Å²) in [5.41, 5.74) is 1.82. The van der Waals surface area contributed by atoms with E-state index >= 15 is 0 Å². The molecule has 4 rings (SSSR count). The van der Waals surface area contributed by atoms with Gasteiger partial charge in [-0.05, 0) is 65.2 Å². The fourth-order valence-corrected chi connectivity index (χ4v) is 4.18. The second kappa shape index (κ2) is 8.76. The summed E-state index contributed by atoms with van der Waals surface area (Å²) in [6.45, 7) is 4.37. The van der Waals surface area contributed by atoms with E-state index in [1.54, 1.807) is 6.08 Å². The van der Waals surface area contributed by atoms with Crippen molar-refractivity contribution in [3.8, 4) is 5.75 Å². The number of rotatable bonds is 6. The molecular formula is C25H23NO3S. The first kappa shape index (κ1) is 20.2. The van der Waals surface area contributed by atoms with Crippen molar-refractivity contribution >= 4 is 39.8 Å². The lowest BCUT2D eigenvalue weighted by Gasteiger charge is -2.14. The van der Waals surface area contributed by atoms with Crippen LogP contribution < -0.4 is 4.74 Å². The third kappa shape index (κ3) is 4.26. The molecule has 0 aliphatic carbocycles. The zero-order valence-corrected chi connectivity index (χ0v) is 17.8. The zero-order chi connectivity index (χ0) is 21.1. The van der Waals surface area contributed by atoms with Crippen LogP contribution in [0, 0.1) is 0 Å². The van der Waals surface area contributed by atoms with Gasteiger partial charge in [-0.2, -0.15) is 0 Å². The lowest BCUT2D eigenvalue weighted by molar-refractivity contribution is -0.123. The van der Waals surface area contributed by atoms with Crippen LogP contribution in [0.1, 0.15) is 31.4 Å². The number of nitrogens with zero attached hydrogens (tertiary/aromatic N) is 1. The van der Waals surface area contributed by atoms with E-state index in [0.717, 1.165) is 45.8 Å². The summed E-state index contributed by atoms with van der Waals surface area (Å²) in [5.74, 6) is 0.545. The van der Waals surface area contributed by atoms with Crippen LogP contribution in [-0.4, -0.2) is 22.2 Å². The minimum atomic E-state index is -0.252. The first-order chi connectivity index (χ1) is 14.5. The molecule has 3 aromatic rings. The Hall–Kier alpha value is -3.05. The first-order valence-electron chi connectivity index (χ1n) is 10.0. The number of carbonyl (C=O) groups is 2. The Kier molecular flexibility index (Phi) is 5.91. The van der Waals surface area contributed by atoms with Crippen molar-refractivity contribution in [2.45, 2.75) is 32.9 Å². The number of hydrogen-bond acceptors (Lipinski definition) is 4. The van der Waals surface area contributed by atoms with Crippen LogP contribution in [0.3, 0.4) is 0 Å². The van der Waals surface area contributed by atoms with Crippen molar-refractivity contribution < 1.29 is 14.3 Å². The molecule has 0 aromatic heterocycles. The smallest absolute Gasteiger partial charge is 0.293 e. The van der Waals surface area contributed by atoms with Gasteiger partial charge in [-0.15, -0.1) is 0 Å². The third-order valence-electron chi connectivity index (χ3n) is 5.17. The summed E-state index contributed by atoms with van der Waals surface area (Å²) in [6.07, 6.45) is 2.86. The molecule has 0 unspecified atom stereocenters. The van der Waals surface area contributed by atoms with Gasteiger partial charge in [0.1, 0.15) is 5.75 Å². The molecule has 4 nitrogen and oxygen atoms in total. The van der Waals surface area contributed by atoms with E-state index in [-0.39, 0.29) is 23.8 Å². The van der Waals surface area contributed by atoms with Crippen LogP contribution in [0.5, 0.6) is 5.75 Å². The average molecular weight is 418 g/mol. The van der Waals surface area contributed by atoms with Gasteiger partial charge in [0.15, 0.2) is 0 Å². The van der Waals surface area contributed by atoms with E-state index in [2.05, 4.69) is 6.92 Å². The molecule has 5 heteroatoms. The van der Waals surface area contributed by atoms with Gasteiger partial charge in [-0.25, -0.2) is 0 Å². The topological polar surface area (TPSA) is 46.6 Å². The largest absolute Gasteiger partial charge is 0.491 e. The monoisotopic (exact) mass is 417 g/mol. The van der Waals surface area contributed by atoms with Gasteiger partial charge >= 0.3 is 0 Å². The molecule has 1 heterocycles. The van der Waals surface area contributed by atoms with E-state index in [1.807, 2.05) is 73.7 Å². The van der Waals surface area contributed by atoms with Gasteiger partial charge in [0, 0.05) is 0 Å². The van der Waals surface area contributed by atoms with Crippen LogP contribution in [0.4, 0.5) is 4.79 Å². The summed E-state index contributed by atoms with van der Waals surface area (Å²) >= 11 is 0.987. The second-order valence-electron chi connectivity index (χ2n) is 7.31. The van der Waals surface area contributed by atoms with Crippen LogP contribution in [0.25, 0.3) is 16.8 Å². The molecule has 0 bridgehead atoms. The molecule has 0 saturated carbocycles. The van der Waals surface area contributed by atoms with Crippen LogP contribution in [-0.2, 0) is 11.3 Å². The van der Waals surface area contributed by atoms with Crippen molar-refractivity contribution in [3.05, 3.63) is 82.8 Å². The Bertz CT molecular complexity index is 1120. The molecule has 0 N–H and O–H groups in total. The van der Waals surface area contributed by atoms with Crippen LogP contribution in [0.15, 0.2) is 71.6 Å². The molecule has 1 fully saturated rings. The minimum Gasteiger partial charge on any atom is -0.491 e. The molecule has 3 aromatic carbocycles. The van der Waals surface area contributed by atoms with Gasteiger partial charge in [0.2, 0.25) is 0 Å². The molecule has 30 heavy (non-hydrogen) atoms. The first-order valence-corrected chi connectivity index (χ1v) is 10.9. The highest BCUT2D eigenvalue weighted by atomic mass is 32.2. The lowest BCUT2D eigenvalue weighted by atomic mass is 10.0. The Morgan fingerprint density at radius 1 is 1.00 bits per heavy atom. The molecule has 152 valence electrons. The standard InChI is InChI=1S/C25H23NO3S/c1-3-17(2)29-21-13-11-18(12-14-21)15-23-24(27)26(25(28)30-23)16-20-9-6-8-19-7-4-5-10-22(19)20/h4-15,17H,3,16H2,1-2H3/b23-15-/t17-/m1/s1. The van der Waals surface area contributed by atoms with E-state index in [1.165, 1.54) is 4.90 Å². The minimum absolute atomic E-state index is 0.154. The van der Waals surface area contributed by atoms with Crippen LogP contribution >= 0.6 is 11.8 Å². The molecule has 1 saturated heterocycles. The quantitative estimate of drug-likeness (QED) is 0.445. The number of imide groups is 1. The lowest BCUT2D eigenvalue weighted by Crippen LogP contribution is -2.27. The number of fused-ring (bicyclic) bond motifs is 1. The third-order valence-corrected chi connectivity index (χ3v) is 6.08. The highest BCUT2D eigenvalue weighted by molar-refractivity contribution is 8.18. The van der Waals surface area contributed by atoms with Crippen molar-refractivity contribution in [3.63, 3.8) is 0 Å². The Labute approximate surface area is 180 Å². The fourth-order valence-electron chi connectivity index (χ4n) is 3.35. The van der Waals surface area contributed by atoms with Gasteiger partial charge < -0.3 is 4.74 Å². The molecule has 1 atom stereocenters. The molecule has 0 spiro atoms. The maximum Gasteiger partial charge on any atom is 0.293 e. The number of amides is 2. The maximum atomic E-state index is 12.9. The van der Waals surface area contributed by atoms with Crippen LogP contribution in [0.2, 0.25) is 0 Å². The highest BCUT2D eigenvalue weighted by Gasteiger charge is 2.35. The maximum absolute atomic E-state index is 12.9. The number of hydrogen-bond donors (Lipinski definition) is 0. The normalized spacial score (nSPS) is 16.5. The molecule has 0 radical (unpaired) electrons. The zero-order valence-electron chi connectivity index (χ0n) is 17.0. The molecule has 1 aliphatic rings. The number of carbonyl (C=O) groups excluding carboxylic acids is 2. The van der Waals surface area contributed by atoms with E-state index in [0.29, 0.717) is 4.91 Å². The Morgan fingerprint density at radius 3 is 2.50 bits per heavy atom. The van der Waals surface area contributed by atoms with Gasteiger partial charge in [-0.1, -0.05) is 61.5 Å². The summed E-state index contributed by atoms with van der Waals surface area (Å²) in [4.78, 5) is 27.2. The predicted molar refractivity (Wildman–Crippen MR) is 122 cm³/mol. The average Bonchev–Trinajstić information content (AvgIpc) is 3.02. The highest BCUT2D eigenvalue weighted by Crippen LogP contribution is 2.34. The SMILES string of the molecule is CC[C@@H](C)Oc1ccc(/C=C2\SC(=O)N(Cc3cccc4ccccc34)C2=O)cc1. The van der Waals surface area contributed by atoms with E-state index in [4.69, 9.17) is 4.74 Å². The number of thioether (sulfide) groups is 1. The van der Waals surface area contributed by atoms with Crippen molar-refractivity contribution in [1.29, 1.82) is 0 Å². The molecule has 2 amide bonds. The molecular weight excluding hydrogens is 394 g/mol. The van der Waals surface area contributed by atoms with Crippen molar-refractivity contribution in [1.82, 2.24) is 4.90 Å². The Balaban J connectivity index is 1.52. The summed E-state index contributed by atoms with van der Waals surface area (Å²) < 4.78 is 5.79. The van der Waals surface area contributed by atoms with Crippen molar-refractivity contribution in [2.75, 3.05) is 0 Å².